The van der Waals surface area contributed by atoms with Crippen molar-refractivity contribution in [2.45, 2.75) is 25.9 Å². The fraction of sp³-hybridized carbons (Fsp3) is 0.533. The van der Waals surface area contributed by atoms with Crippen LogP contribution < -0.4 is 4.90 Å². The van der Waals surface area contributed by atoms with Gasteiger partial charge in [-0.2, -0.15) is 0 Å². The molecule has 1 N–H and O–H groups in total. The lowest BCUT2D eigenvalue weighted by Gasteiger charge is -2.40. The Kier molecular flexibility index (Phi) is 4.90. The number of hydrogen-bond acceptors (Lipinski definition) is 5. The van der Waals surface area contributed by atoms with E-state index >= 15 is 0 Å². The molecule has 2 rings (SSSR count). The molecule has 6 nitrogen and oxygen atoms in total. The first-order valence-electron chi connectivity index (χ1n) is 7.00. The van der Waals surface area contributed by atoms with Gasteiger partial charge in [0.15, 0.2) is 0 Å². The third-order valence-corrected chi connectivity index (χ3v) is 3.89. The number of piperidine rings is 1. The minimum absolute atomic E-state index is 0.417. The van der Waals surface area contributed by atoms with Crippen LogP contribution in [-0.2, 0) is 16.1 Å². The first-order valence-corrected chi connectivity index (χ1v) is 7.00. The molecule has 1 aromatic heterocycles. The summed E-state index contributed by atoms with van der Waals surface area (Å²) in [4.78, 5) is 22.1. The first-order chi connectivity index (χ1) is 10.1. The molecule has 1 atom stereocenters. The Labute approximate surface area is 124 Å². The molecule has 0 amide bonds. The van der Waals surface area contributed by atoms with E-state index in [9.17, 15) is 9.90 Å². The lowest BCUT2D eigenvalue weighted by Crippen LogP contribution is -2.48. The number of hydrogen-bond donors (Lipinski definition) is 1. The summed E-state index contributed by atoms with van der Waals surface area (Å²) in [6.45, 7) is 5.35. The standard InChI is InChI=1S/C15H21N3O3/c1-3-5-15(14(19)20)6-4-7-18(10-15)13-8-12(9-21-2)16-11-17-13/h3,8,11H,1,4-7,9-10H2,2H3,(H,19,20)/t15-/m1/s1. The van der Waals surface area contributed by atoms with E-state index in [1.807, 2.05) is 11.0 Å². The van der Waals surface area contributed by atoms with Gasteiger partial charge in [0.1, 0.15) is 12.1 Å². The van der Waals surface area contributed by atoms with Crippen LogP contribution in [0.3, 0.4) is 0 Å². The Morgan fingerprint density at radius 3 is 3.10 bits per heavy atom. The maximum absolute atomic E-state index is 11.7. The van der Waals surface area contributed by atoms with Gasteiger partial charge in [0.25, 0.3) is 0 Å². The second-order valence-corrected chi connectivity index (χ2v) is 5.40. The highest BCUT2D eigenvalue weighted by Gasteiger charge is 2.41. The Morgan fingerprint density at radius 1 is 1.62 bits per heavy atom. The second kappa shape index (κ2) is 6.67. The highest BCUT2D eigenvalue weighted by atomic mass is 16.5. The van der Waals surface area contributed by atoms with Crippen LogP contribution in [0.25, 0.3) is 0 Å². The summed E-state index contributed by atoms with van der Waals surface area (Å²) in [5.41, 5.74) is 0.0181. The molecule has 0 spiro atoms. The number of aliphatic carboxylic acids is 1. The number of carboxylic acids is 1. The van der Waals surface area contributed by atoms with Crippen molar-refractivity contribution in [3.05, 3.63) is 30.7 Å². The van der Waals surface area contributed by atoms with Gasteiger partial charge in [-0.15, -0.1) is 6.58 Å². The third-order valence-electron chi connectivity index (χ3n) is 3.89. The molecule has 0 radical (unpaired) electrons. The van der Waals surface area contributed by atoms with Crippen molar-refractivity contribution in [3.63, 3.8) is 0 Å². The largest absolute Gasteiger partial charge is 0.481 e. The van der Waals surface area contributed by atoms with Gasteiger partial charge in [0.05, 0.1) is 17.7 Å². The van der Waals surface area contributed by atoms with Crippen LogP contribution in [0.2, 0.25) is 0 Å². The van der Waals surface area contributed by atoms with Crippen molar-refractivity contribution < 1.29 is 14.6 Å². The molecule has 0 aliphatic carbocycles. The quantitative estimate of drug-likeness (QED) is 0.806. The molecular formula is C15H21N3O3. The van der Waals surface area contributed by atoms with Crippen molar-refractivity contribution >= 4 is 11.8 Å². The number of carboxylic acid groups (broad SMARTS) is 1. The summed E-state index contributed by atoms with van der Waals surface area (Å²) in [7, 11) is 1.61. The van der Waals surface area contributed by atoms with Crippen LogP contribution in [0.15, 0.2) is 25.0 Å². The molecule has 1 fully saturated rings. The number of rotatable bonds is 6. The van der Waals surface area contributed by atoms with E-state index in [-0.39, 0.29) is 0 Å². The zero-order valence-corrected chi connectivity index (χ0v) is 12.3. The van der Waals surface area contributed by atoms with Crippen LogP contribution in [0.5, 0.6) is 0 Å². The molecule has 0 aromatic carbocycles. The molecule has 1 saturated heterocycles. The maximum Gasteiger partial charge on any atom is 0.311 e. The maximum atomic E-state index is 11.7. The monoisotopic (exact) mass is 291 g/mol. The number of allylic oxidation sites excluding steroid dienone is 1. The second-order valence-electron chi connectivity index (χ2n) is 5.40. The Morgan fingerprint density at radius 2 is 2.43 bits per heavy atom. The van der Waals surface area contributed by atoms with Gasteiger partial charge < -0.3 is 14.7 Å². The predicted octanol–water partition coefficient (Wildman–Crippen LogP) is 1.87. The van der Waals surface area contributed by atoms with E-state index in [0.717, 1.165) is 24.5 Å². The minimum Gasteiger partial charge on any atom is -0.481 e. The average molecular weight is 291 g/mol. The van der Waals surface area contributed by atoms with E-state index in [2.05, 4.69) is 16.5 Å². The Balaban J connectivity index is 2.22. The van der Waals surface area contributed by atoms with Crippen molar-refractivity contribution in [1.29, 1.82) is 0 Å². The summed E-state index contributed by atoms with van der Waals surface area (Å²) < 4.78 is 5.07. The van der Waals surface area contributed by atoms with Gasteiger partial charge >= 0.3 is 5.97 Å². The number of ether oxygens (including phenoxy) is 1. The van der Waals surface area contributed by atoms with Gasteiger partial charge in [0.2, 0.25) is 0 Å². The highest BCUT2D eigenvalue weighted by molar-refractivity contribution is 5.76. The number of methoxy groups -OCH3 is 1. The molecule has 1 aliphatic heterocycles. The third kappa shape index (κ3) is 3.39. The van der Waals surface area contributed by atoms with E-state index in [1.54, 1.807) is 13.2 Å². The summed E-state index contributed by atoms with van der Waals surface area (Å²) >= 11 is 0. The van der Waals surface area contributed by atoms with Gasteiger partial charge in [-0.3, -0.25) is 4.79 Å². The molecule has 0 bridgehead atoms. The topological polar surface area (TPSA) is 75.5 Å². The SMILES string of the molecule is C=CC[C@@]1(C(=O)O)CCCN(c2cc(COC)ncn2)C1. The van der Waals surface area contributed by atoms with E-state index in [1.165, 1.54) is 6.33 Å². The normalized spacial score (nSPS) is 22.0. The summed E-state index contributed by atoms with van der Waals surface area (Å²) in [5.74, 6) is -0.00953. The molecule has 1 aliphatic rings. The Hall–Kier alpha value is -1.95. The Bertz CT molecular complexity index is 521. The molecule has 2 heterocycles. The number of carbonyl (C=O) groups is 1. The van der Waals surface area contributed by atoms with Crippen molar-refractivity contribution in [2.24, 2.45) is 5.41 Å². The molecular weight excluding hydrogens is 270 g/mol. The number of aromatic nitrogens is 2. The summed E-state index contributed by atoms with van der Waals surface area (Å²) in [5, 5.41) is 9.60. The summed E-state index contributed by atoms with van der Waals surface area (Å²) in [6.07, 6.45) is 5.14. The zero-order chi connectivity index (χ0) is 15.3. The predicted molar refractivity (Wildman–Crippen MR) is 79.1 cm³/mol. The molecule has 114 valence electrons. The lowest BCUT2D eigenvalue weighted by molar-refractivity contribution is -0.149. The highest BCUT2D eigenvalue weighted by Crippen LogP contribution is 2.35. The van der Waals surface area contributed by atoms with Gasteiger partial charge in [0, 0.05) is 26.3 Å². The average Bonchev–Trinajstić information content (AvgIpc) is 2.48. The van der Waals surface area contributed by atoms with Crippen LogP contribution >= 0.6 is 0 Å². The van der Waals surface area contributed by atoms with Crippen LogP contribution in [0, 0.1) is 5.41 Å². The minimum atomic E-state index is -0.771. The van der Waals surface area contributed by atoms with Crippen molar-refractivity contribution in [3.8, 4) is 0 Å². The van der Waals surface area contributed by atoms with Crippen molar-refractivity contribution in [1.82, 2.24) is 9.97 Å². The molecule has 21 heavy (non-hydrogen) atoms. The molecule has 6 heteroatoms. The fourth-order valence-electron chi connectivity index (χ4n) is 2.82. The van der Waals surface area contributed by atoms with Crippen LogP contribution in [0.4, 0.5) is 5.82 Å². The molecule has 0 saturated carbocycles. The smallest absolute Gasteiger partial charge is 0.311 e. The van der Waals surface area contributed by atoms with Crippen LogP contribution in [0.1, 0.15) is 25.0 Å². The van der Waals surface area contributed by atoms with Crippen LogP contribution in [-0.4, -0.2) is 41.2 Å². The van der Waals surface area contributed by atoms with Crippen molar-refractivity contribution in [2.75, 3.05) is 25.1 Å². The van der Waals surface area contributed by atoms with E-state index in [0.29, 0.717) is 26.0 Å². The van der Waals surface area contributed by atoms with E-state index in [4.69, 9.17) is 4.74 Å². The number of anilines is 1. The lowest BCUT2D eigenvalue weighted by atomic mass is 9.77. The number of nitrogens with zero attached hydrogens (tertiary/aromatic N) is 3. The summed E-state index contributed by atoms with van der Waals surface area (Å²) in [6, 6.07) is 1.86. The zero-order valence-electron chi connectivity index (χ0n) is 12.3. The molecule has 1 aromatic rings. The fourth-order valence-corrected chi connectivity index (χ4v) is 2.82. The first kappa shape index (κ1) is 15.4. The van der Waals surface area contributed by atoms with E-state index < -0.39 is 11.4 Å². The van der Waals surface area contributed by atoms with Gasteiger partial charge in [-0.25, -0.2) is 9.97 Å². The van der Waals surface area contributed by atoms with Gasteiger partial charge in [-0.1, -0.05) is 6.08 Å². The molecule has 0 unspecified atom stereocenters. The van der Waals surface area contributed by atoms with Gasteiger partial charge in [-0.05, 0) is 19.3 Å².